The molecule has 5 aromatic carbocycles. The summed E-state index contributed by atoms with van der Waals surface area (Å²) in [6.45, 7) is 4.16. The number of fused-ring (bicyclic) bond motifs is 2. The lowest BCUT2D eigenvalue weighted by Crippen LogP contribution is -2.32. The molecule has 0 fully saturated rings. The maximum atomic E-state index is 14.0. The fraction of sp³-hybridized carbons (Fsp3) is 0.212. The maximum Gasteiger partial charge on any atom is 0.296 e. The molecule has 0 atom stereocenters. The van der Waals surface area contributed by atoms with Crippen molar-refractivity contribution in [3.8, 4) is 0 Å². The van der Waals surface area contributed by atoms with E-state index in [1.165, 1.54) is 16.4 Å². The van der Waals surface area contributed by atoms with Gasteiger partial charge in [-0.1, -0.05) is 83.9 Å². The van der Waals surface area contributed by atoms with Crippen LogP contribution in [0, 0.1) is 13.8 Å². The van der Waals surface area contributed by atoms with Crippen molar-refractivity contribution in [3.63, 3.8) is 0 Å². The molecule has 0 spiro atoms. The highest BCUT2D eigenvalue weighted by Gasteiger charge is 2.26. The predicted octanol–water partition coefficient (Wildman–Crippen LogP) is 6.99. The quantitative estimate of drug-likeness (QED) is 0.0946. The van der Waals surface area contributed by atoms with E-state index in [2.05, 4.69) is 6.07 Å². The van der Waals surface area contributed by atoms with E-state index >= 15 is 0 Å². The average Bonchev–Trinajstić information content (AvgIpc) is 2.96. The van der Waals surface area contributed by atoms with Crippen molar-refractivity contribution in [2.24, 2.45) is 0 Å². The molecular weight excluding hydrogens is 554 g/mol. The molecular formula is C33H33NO5S2. The smallest absolute Gasteiger partial charge is 0.266 e. The van der Waals surface area contributed by atoms with Gasteiger partial charge < -0.3 is 0 Å². The molecule has 0 aliphatic heterocycles. The van der Waals surface area contributed by atoms with Gasteiger partial charge in [0.05, 0.1) is 16.4 Å². The molecule has 6 nitrogen and oxygen atoms in total. The Morgan fingerprint density at radius 1 is 0.634 bits per heavy atom. The molecule has 8 heteroatoms. The third-order valence-electron chi connectivity index (χ3n) is 7.23. The molecule has 0 radical (unpaired) electrons. The first-order valence-electron chi connectivity index (χ1n) is 13.6. The summed E-state index contributed by atoms with van der Waals surface area (Å²) in [4.78, 5) is 0.334. The van der Waals surface area contributed by atoms with Crippen LogP contribution in [0.3, 0.4) is 0 Å². The van der Waals surface area contributed by atoms with Gasteiger partial charge in [0, 0.05) is 13.1 Å². The average molecular weight is 588 g/mol. The SMILES string of the molecule is Cc1ccc(S(=O)(=O)OCCCCN(Cc2c3ccccc3cc3ccccc23)S(=O)(=O)c2ccc(C)cc2)cc1. The van der Waals surface area contributed by atoms with Crippen LogP contribution in [0.5, 0.6) is 0 Å². The summed E-state index contributed by atoms with van der Waals surface area (Å²) in [7, 11) is -7.72. The lowest BCUT2D eigenvalue weighted by Gasteiger charge is -2.24. The summed E-state index contributed by atoms with van der Waals surface area (Å²) in [6, 6.07) is 31.5. The summed E-state index contributed by atoms with van der Waals surface area (Å²) in [5.74, 6) is 0. The number of hydrogen-bond donors (Lipinski definition) is 0. The largest absolute Gasteiger partial charge is 0.296 e. The highest BCUT2D eigenvalue weighted by molar-refractivity contribution is 7.89. The molecule has 0 bridgehead atoms. The third-order valence-corrected chi connectivity index (χ3v) is 10.4. The minimum Gasteiger partial charge on any atom is -0.266 e. The van der Waals surface area contributed by atoms with Crippen LogP contribution in [0.25, 0.3) is 21.5 Å². The lowest BCUT2D eigenvalue weighted by atomic mass is 9.97. The van der Waals surface area contributed by atoms with Crippen LogP contribution >= 0.6 is 0 Å². The zero-order chi connectivity index (χ0) is 29.0. The molecule has 0 heterocycles. The molecule has 0 N–H and O–H groups in total. The van der Waals surface area contributed by atoms with Crippen LogP contribution < -0.4 is 0 Å². The fourth-order valence-electron chi connectivity index (χ4n) is 4.93. The summed E-state index contributed by atoms with van der Waals surface area (Å²) < 4.78 is 59.8. The van der Waals surface area contributed by atoms with Crippen molar-refractivity contribution >= 4 is 41.7 Å². The molecule has 0 amide bonds. The highest BCUT2D eigenvalue weighted by atomic mass is 32.2. The van der Waals surface area contributed by atoms with E-state index in [0.29, 0.717) is 12.8 Å². The van der Waals surface area contributed by atoms with Gasteiger partial charge in [0.1, 0.15) is 0 Å². The summed E-state index contributed by atoms with van der Waals surface area (Å²) in [6.07, 6.45) is 0.804. The van der Waals surface area contributed by atoms with E-state index < -0.39 is 20.1 Å². The monoisotopic (exact) mass is 587 g/mol. The van der Waals surface area contributed by atoms with E-state index in [1.54, 1.807) is 36.4 Å². The van der Waals surface area contributed by atoms with Gasteiger partial charge in [-0.15, -0.1) is 0 Å². The van der Waals surface area contributed by atoms with Crippen molar-refractivity contribution in [1.29, 1.82) is 0 Å². The lowest BCUT2D eigenvalue weighted by molar-refractivity contribution is 0.298. The van der Waals surface area contributed by atoms with Gasteiger partial charge in [-0.25, -0.2) is 8.42 Å². The van der Waals surface area contributed by atoms with Crippen LogP contribution in [-0.4, -0.2) is 34.3 Å². The van der Waals surface area contributed by atoms with Crippen molar-refractivity contribution < 1.29 is 21.0 Å². The molecule has 0 aliphatic rings. The Hall–Kier alpha value is -3.56. The Morgan fingerprint density at radius 2 is 1.15 bits per heavy atom. The molecule has 0 aliphatic carbocycles. The fourth-order valence-corrected chi connectivity index (χ4v) is 7.32. The van der Waals surface area contributed by atoms with Crippen LogP contribution in [0.4, 0.5) is 0 Å². The minimum atomic E-state index is -3.88. The van der Waals surface area contributed by atoms with E-state index in [9.17, 15) is 16.8 Å². The van der Waals surface area contributed by atoms with Crippen LogP contribution in [0.15, 0.2) is 113 Å². The van der Waals surface area contributed by atoms with Gasteiger partial charge >= 0.3 is 0 Å². The predicted molar refractivity (Wildman–Crippen MR) is 164 cm³/mol. The number of rotatable bonds is 11. The molecule has 0 saturated heterocycles. The van der Waals surface area contributed by atoms with Crippen molar-refractivity contribution in [1.82, 2.24) is 4.31 Å². The molecule has 41 heavy (non-hydrogen) atoms. The summed E-state index contributed by atoms with van der Waals surface area (Å²) in [5, 5.41) is 4.10. The second-order valence-corrected chi connectivity index (χ2v) is 13.8. The number of benzene rings is 5. The summed E-state index contributed by atoms with van der Waals surface area (Å²) in [5.41, 5.74) is 2.87. The van der Waals surface area contributed by atoms with Gasteiger partial charge in [0.15, 0.2) is 0 Å². The van der Waals surface area contributed by atoms with Gasteiger partial charge in [0.25, 0.3) is 10.1 Å². The van der Waals surface area contributed by atoms with Crippen LogP contribution in [-0.2, 0) is 30.9 Å². The minimum absolute atomic E-state index is 0.0359. The summed E-state index contributed by atoms with van der Waals surface area (Å²) >= 11 is 0. The molecule has 5 rings (SSSR count). The Kier molecular flexibility index (Phi) is 8.56. The number of unbranched alkanes of at least 4 members (excludes halogenated alkanes) is 1. The van der Waals surface area contributed by atoms with E-state index in [0.717, 1.165) is 38.2 Å². The van der Waals surface area contributed by atoms with Gasteiger partial charge in [-0.05, 0) is 84.1 Å². The second-order valence-electron chi connectivity index (χ2n) is 10.2. The number of sulfonamides is 1. The first-order chi connectivity index (χ1) is 19.6. The Balaban J connectivity index is 1.40. The zero-order valence-corrected chi connectivity index (χ0v) is 24.8. The Morgan fingerprint density at radius 3 is 1.71 bits per heavy atom. The number of hydrogen-bond acceptors (Lipinski definition) is 5. The van der Waals surface area contributed by atoms with Gasteiger partial charge in [0.2, 0.25) is 10.0 Å². The van der Waals surface area contributed by atoms with Crippen molar-refractivity contribution in [2.75, 3.05) is 13.2 Å². The van der Waals surface area contributed by atoms with Crippen LogP contribution in [0.1, 0.15) is 29.5 Å². The Bertz CT molecular complexity index is 1830. The van der Waals surface area contributed by atoms with E-state index in [-0.39, 0.29) is 29.5 Å². The molecule has 0 aromatic heterocycles. The van der Waals surface area contributed by atoms with Crippen molar-refractivity contribution in [2.45, 2.75) is 43.0 Å². The van der Waals surface area contributed by atoms with Crippen LogP contribution in [0.2, 0.25) is 0 Å². The molecule has 0 saturated carbocycles. The Labute approximate surface area is 242 Å². The second kappa shape index (κ2) is 12.1. The highest BCUT2D eigenvalue weighted by Crippen LogP contribution is 2.31. The van der Waals surface area contributed by atoms with E-state index in [4.69, 9.17) is 4.18 Å². The first kappa shape index (κ1) is 29.0. The van der Waals surface area contributed by atoms with E-state index in [1.807, 2.05) is 62.4 Å². The number of aryl methyl sites for hydroxylation is 2. The van der Waals surface area contributed by atoms with Gasteiger partial charge in [-0.2, -0.15) is 12.7 Å². The van der Waals surface area contributed by atoms with Gasteiger partial charge in [-0.3, -0.25) is 4.18 Å². The molecule has 5 aromatic rings. The number of nitrogens with zero attached hydrogens (tertiary/aromatic N) is 1. The third kappa shape index (κ3) is 6.52. The molecule has 0 unspecified atom stereocenters. The topological polar surface area (TPSA) is 80.8 Å². The van der Waals surface area contributed by atoms with Crippen molar-refractivity contribution in [3.05, 3.63) is 120 Å². The standard InChI is InChI=1S/C33H33NO5S2/c1-25-13-17-29(18-14-25)40(35,36)34(21-7-8-22-39-41(37,38)30-19-15-26(2)16-20-30)24-33-31-11-5-3-9-27(31)23-28-10-4-6-12-32(28)33/h3-6,9-20,23H,7-8,21-22,24H2,1-2H3. The zero-order valence-electron chi connectivity index (χ0n) is 23.2. The normalized spacial score (nSPS) is 12.4. The molecule has 212 valence electrons. The maximum absolute atomic E-state index is 14.0. The first-order valence-corrected chi connectivity index (χ1v) is 16.4.